The SMILES string of the molecule is CN(C)c1ccc(-c2nc(NC(=O)c3c(F)cccc3F)sc2-c2cccc(C(F)(F)F)c2)cc1. The van der Waals surface area contributed by atoms with Gasteiger partial charge >= 0.3 is 6.18 Å². The van der Waals surface area contributed by atoms with Crippen LogP contribution >= 0.6 is 11.3 Å². The topological polar surface area (TPSA) is 45.2 Å². The highest BCUT2D eigenvalue weighted by atomic mass is 32.1. The second-order valence-electron chi connectivity index (χ2n) is 7.77. The molecule has 4 nitrogen and oxygen atoms in total. The molecular formula is C25H18F5N3OS. The van der Waals surface area contributed by atoms with Gasteiger partial charge in [-0.25, -0.2) is 13.8 Å². The Balaban J connectivity index is 1.80. The van der Waals surface area contributed by atoms with Crippen LogP contribution in [0.15, 0.2) is 66.7 Å². The number of nitrogens with one attached hydrogen (secondary N) is 1. The zero-order chi connectivity index (χ0) is 25.3. The van der Waals surface area contributed by atoms with Crippen LogP contribution in [0, 0.1) is 11.6 Å². The molecule has 0 unspecified atom stereocenters. The zero-order valence-electron chi connectivity index (χ0n) is 18.5. The van der Waals surface area contributed by atoms with Gasteiger partial charge in [0.1, 0.15) is 17.2 Å². The van der Waals surface area contributed by atoms with Crippen molar-refractivity contribution < 1.29 is 26.7 Å². The summed E-state index contributed by atoms with van der Waals surface area (Å²) in [5, 5.41) is 2.36. The van der Waals surface area contributed by atoms with Gasteiger partial charge in [0, 0.05) is 25.3 Å². The lowest BCUT2D eigenvalue weighted by Gasteiger charge is -2.13. The molecule has 0 aliphatic rings. The van der Waals surface area contributed by atoms with Crippen molar-refractivity contribution in [2.24, 2.45) is 0 Å². The van der Waals surface area contributed by atoms with Crippen LogP contribution in [0.5, 0.6) is 0 Å². The fourth-order valence-electron chi connectivity index (χ4n) is 3.39. The number of alkyl halides is 3. The van der Waals surface area contributed by atoms with Crippen molar-refractivity contribution in [1.82, 2.24) is 4.98 Å². The highest BCUT2D eigenvalue weighted by Crippen LogP contribution is 2.41. The van der Waals surface area contributed by atoms with Gasteiger partial charge < -0.3 is 4.90 Å². The molecule has 1 heterocycles. The van der Waals surface area contributed by atoms with Crippen LogP contribution in [0.3, 0.4) is 0 Å². The van der Waals surface area contributed by atoms with Gasteiger partial charge in [-0.1, -0.05) is 41.7 Å². The van der Waals surface area contributed by atoms with Crippen molar-refractivity contribution in [3.63, 3.8) is 0 Å². The Bertz CT molecular complexity index is 1360. The van der Waals surface area contributed by atoms with Crippen LogP contribution in [0.1, 0.15) is 15.9 Å². The molecule has 0 radical (unpaired) electrons. The van der Waals surface area contributed by atoms with Gasteiger partial charge in [-0.05, 0) is 42.0 Å². The second-order valence-corrected chi connectivity index (χ2v) is 8.77. The molecule has 180 valence electrons. The maximum atomic E-state index is 14.0. The molecule has 35 heavy (non-hydrogen) atoms. The van der Waals surface area contributed by atoms with Crippen molar-refractivity contribution in [3.8, 4) is 21.7 Å². The number of anilines is 2. The summed E-state index contributed by atoms with van der Waals surface area (Å²) in [5.74, 6) is -3.15. The molecule has 0 saturated carbocycles. The minimum atomic E-state index is -4.55. The van der Waals surface area contributed by atoms with E-state index in [1.54, 1.807) is 12.1 Å². The highest BCUT2D eigenvalue weighted by Gasteiger charge is 2.31. The molecule has 10 heteroatoms. The summed E-state index contributed by atoms with van der Waals surface area (Å²) in [5.41, 5.74) is 0.437. The van der Waals surface area contributed by atoms with E-state index in [0.29, 0.717) is 16.1 Å². The highest BCUT2D eigenvalue weighted by molar-refractivity contribution is 7.19. The number of nitrogens with zero attached hydrogens (tertiary/aromatic N) is 2. The van der Waals surface area contributed by atoms with Gasteiger partial charge in [-0.3, -0.25) is 10.1 Å². The van der Waals surface area contributed by atoms with Gasteiger partial charge in [0.25, 0.3) is 5.91 Å². The smallest absolute Gasteiger partial charge is 0.378 e. The number of hydrogen-bond acceptors (Lipinski definition) is 4. The second kappa shape index (κ2) is 9.46. The van der Waals surface area contributed by atoms with E-state index in [4.69, 9.17) is 0 Å². The average molecular weight is 503 g/mol. The predicted octanol–water partition coefficient (Wildman–Crippen LogP) is 7.09. The van der Waals surface area contributed by atoms with E-state index in [-0.39, 0.29) is 10.7 Å². The lowest BCUT2D eigenvalue weighted by Crippen LogP contribution is -2.15. The molecule has 4 rings (SSSR count). The Morgan fingerprint density at radius 3 is 2.14 bits per heavy atom. The number of aromatic nitrogens is 1. The van der Waals surface area contributed by atoms with E-state index in [9.17, 15) is 26.7 Å². The van der Waals surface area contributed by atoms with Crippen molar-refractivity contribution >= 4 is 28.1 Å². The van der Waals surface area contributed by atoms with E-state index < -0.39 is 34.8 Å². The molecule has 0 saturated heterocycles. The van der Waals surface area contributed by atoms with E-state index in [1.807, 2.05) is 31.1 Å². The standard InChI is InChI=1S/C25H18F5N3OS/c1-33(2)17-11-9-14(10-12-17)21-22(15-5-3-6-16(13-15)25(28,29)30)35-24(31-21)32-23(34)20-18(26)7-4-8-19(20)27/h3-13H,1-2H3,(H,31,32,34). The van der Waals surface area contributed by atoms with Crippen molar-refractivity contribution in [2.45, 2.75) is 6.18 Å². The third kappa shape index (κ3) is 5.17. The Hall–Kier alpha value is -3.79. The minimum absolute atomic E-state index is 0.0169. The Kier molecular flexibility index (Phi) is 6.58. The molecule has 1 aromatic heterocycles. The molecule has 0 atom stereocenters. The molecule has 0 bridgehead atoms. The fourth-order valence-corrected chi connectivity index (χ4v) is 4.37. The summed E-state index contributed by atoms with van der Waals surface area (Å²) in [6.07, 6.45) is -4.55. The first-order valence-electron chi connectivity index (χ1n) is 10.3. The first kappa shape index (κ1) is 24.3. The summed E-state index contributed by atoms with van der Waals surface area (Å²) >= 11 is 0.906. The average Bonchev–Trinajstić information content (AvgIpc) is 3.22. The third-order valence-electron chi connectivity index (χ3n) is 5.15. The monoisotopic (exact) mass is 503 g/mol. The molecule has 1 amide bonds. The molecule has 3 aromatic carbocycles. The molecule has 4 aromatic rings. The lowest BCUT2D eigenvalue weighted by molar-refractivity contribution is -0.137. The summed E-state index contributed by atoms with van der Waals surface area (Å²) in [4.78, 5) is 19.2. The van der Waals surface area contributed by atoms with Gasteiger partial charge in [0.15, 0.2) is 5.13 Å². The van der Waals surface area contributed by atoms with Gasteiger partial charge in [-0.2, -0.15) is 13.2 Å². The largest absolute Gasteiger partial charge is 0.416 e. The third-order valence-corrected chi connectivity index (χ3v) is 6.17. The normalized spacial score (nSPS) is 11.4. The van der Waals surface area contributed by atoms with Crippen LogP contribution in [0.25, 0.3) is 21.7 Å². The predicted molar refractivity (Wildman–Crippen MR) is 127 cm³/mol. The summed E-state index contributed by atoms with van der Waals surface area (Å²) < 4.78 is 68.1. The van der Waals surface area contributed by atoms with Crippen LogP contribution in [-0.2, 0) is 6.18 Å². The first-order valence-corrected chi connectivity index (χ1v) is 11.1. The van der Waals surface area contributed by atoms with E-state index in [1.165, 1.54) is 12.1 Å². The van der Waals surface area contributed by atoms with Gasteiger partial charge in [0.05, 0.1) is 16.1 Å². The Morgan fingerprint density at radius 1 is 0.914 bits per heavy atom. The van der Waals surface area contributed by atoms with Crippen LogP contribution < -0.4 is 10.2 Å². The molecule has 0 aliphatic carbocycles. The number of rotatable bonds is 5. The number of benzene rings is 3. The van der Waals surface area contributed by atoms with Gasteiger partial charge in [-0.15, -0.1) is 0 Å². The molecule has 0 fully saturated rings. The summed E-state index contributed by atoms with van der Waals surface area (Å²) in [6, 6.07) is 14.9. The van der Waals surface area contributed by atoms with Crippen LogP contribution in [-0.4, -0.2) is 25.0 Å². The molecular weight excluding hydrogens is 485 g/mol. The zero-order valence-corrected chi connectivity index (χ0v) is 19.3. The number of amides is 1. The van der Waals surface area contributed by atoms with Crippen molar-refractivity contribution in [3.05, 3.63) is 89.5 Å². The number of carbonyl (C=O) groups excluding carboxylic acids is 1. The molecule has 0 aliphatic heterocycles. The Labute approximate surface area is 201 Å². The van der Waals surface area contributed by atoms with Crippen molar-refractivity contribution in [1.29, 1.82) is 0 Å². The van der Waals surface area contributed by atoms with Crippen LogP contribution in [0.4, 0.5) is 32.8 Å². The number of hydrogen-bond donors (Lipinski definition) is 1. The number of thiazole rings is 1. The quantitative estimate of drug-likeness (QED) is 0.296. The first-order chi connectivity index (χ1) is 16.5. The lowest BCUT2D eigenvalue weighted by atomic mass is 10.0. The van der Waals surface area contributed by atoms with Crippen LogP contribution in [0.2, 0.25) is 0 Å². The minimum Gasteiger partial charge on any atom is -0.378 e. The number of carbonyl (C=O) groups is 1. The maximum Gasteiger partial charge on any atom is 0.416 e. The molecule has 1 N–H and O–H groups in total. The number of halogens is 5. The van der Waals surface area contributed by atoms with E-state index >= 15 is 0 Å². The van der Waals surface area contributed by atoms with E-state index in [2.05, 4.69) is 10.3 Å². The Morgan fingerprint density at radius 2 is 1.54 bits per heavy atom. The van der Waals surface area contributed by atoms with E-state index in [0.717, 1.165) is 47.4 Å². The van der Waals surface area contributed by atoms with Gasteiger partial charge in [0.2, 0.25) is 0 Å². The maximum absolute atomic E-state index is 14.0. The fraction of sp³-hybridized carbons (Fsp3) is 0.120. The molecule has 0 spiro atoms. The summed E-state index contributed by atoms with van der Waals surface area (Å²) in [7, 11) is 3.72. The summed E-state index contributed by atoms with van der Waals surface area (Å²) in [6.45, 7) is 0. The van der Waals surface area contributed by atoms with Crippen molar-refractivity contribution in [2.75, 3.05) is 24.3 Å².